The number of nitrogen functional groups attached to an aromatic ring is 1. The number of anilines is 1. The maximum absolute atomic E-state index is 13.0. The van der Waals surface area contributed by atoms with Crippen molar-refractivity contribution in [3.8, 4) is 10.6 Å². The SMILES string of the molecule is CC(C)(C)OC(=O)N1CCC=C([C@H]2C[C@@H](n3cc(-c4nc(Cc5ccccc5)cs4)c4c(N)ncnc43)[C@@H]3OC(C)(C)O[C@@H]32)C1. The van der Waals surface area contributed by atoms with Gasteiger partial charge in [0.2, 0.25) is 0 Å². The maximum Gasteiger partial charge on any atom is 0.410 e. The van der Waals surface area contributed by atoms with E-state index in [-0.39, 0.29) is 30.3 Å². The van der Waals surface area contributed by atoms with Gasteiger partial charge in [-0.2, -0.15) is 0 Å². The summed E-state index contributed by atoms with van der Waals surface area (Å²) in [6.45, 7) is 10.8. The number of nitrogens with zero attached hydrogens (tertiary/aromatic N) is 5. The van der Waals surface area contributed by atoms with Crippen molar-refractivity contribution in [2.24, 2.45) is 5.92 Å². The highest BCUT2D eigenvalue weighted by atomic mass is 32.1. The molecule has 4 atom stereocenters. The number of fused-ring (bicyclic) bond motifs is 2. The first-order valence-corrected chi connectivity index (χ1v) is 16.5. The van der Waals surface area contributed by atoms with Gasteiger partial charge in [-0.3, -0.25) is 0 Å². The monoisotopic (exact) mass is 628 g/mol. The quantitative estimate of drug-likeness (QED) is 0.253. The largest absolute Gasteiger partial charge is 0.444 e. The molecule has 45 heavy (non-hydrogen) atoms. The van der Waals surface area contributed by atoms with Crippen molar-refractivity contribution in [1.82, 2.24) is 24.4 Å². The van der Waals surface area contributed by atoms with Crippen LogP contribution < -0.4 is 5.73 Å². The van der Waals surface area contributed by atoms with Crippen LogP contribution in [0.25, 0.3) is 21.6 Å². The van der Waals surface area contributed by atoms with Crippen LogP contribution >= 0.6 is 11.3 Å². The second-order valence-corrected chi connectivity index (χ2v) is 14.5. The molecule has 0 radical (unpaired) electrons. The van der Waals surface area contributed by atoms with Crippen LogP contribution in [0.5, 0.6) is 0 Å². The third-order valence-electron chi connectivity index (χ3n) is 8.75. The molecule has 1 saturated carbocycles. The van der Waals surface area contributed by atoms with Crippen molar-refractivity contribution < 1.29 is 19.0 Å². The third-order valence-corrected chi connectivity index (χ3v) is 9.67. The molecule has 2 aliphatic heterocycles. The van der Waals surface area contributed by atoms with Crippen LogP contribution in [-0.4, -0.2) is 67.2 Å². The van der Waals surface area contributed by atoms with E-state index in [1.807, 2.05) is 52.8 Å². The fourth-order valence-electron chi connectivity index (χ4n) is 6.95. The van der Waals surface area contributed by atoms with Gasteiger partial charge in [-0.25, -0.2) is 19.7 Å². The minimum atomic E-state index is -0.742. The predicted molar refractivity (Wildman–Crippen MR) is 174 cm³/mol. The molecule has 1 aromatic carbocycles. The first kappa shape index (κ1) is 29.9. The summed E-state index contributed by atoms with van der Waals surface area (Å²) in [5.74, 6) is -0.260. The van der Waals surface area contributed by atoms with Crippen molar-refractivity contribution >= 4 is 34.3 Å². The number of benzene rings is 1. The van der Waals surface area contributed by atoms with Crippen molar-refractivity contribution in [2.75, 3.05) is 18.8 Å². The topological polar surface area (TPSA) is 118 Å². The van der Waals surface area contributed by atoms with Gasteiger partial charge in [0.05, 0.1) is 23.2 Å². The maximum atomic E-state index is 13.0. The van der Waals surface area contributed by atoms with Gasteiger partial charge >= 0.3 is 6.09 Å². The Morgan fingerprint density at radius 1 is 1.16 bits per heavy atom. The smallest absolute Gasteiger partial charge is 0.410 e. The number of carbonyl (C=O) groups is 1. The molecule has 0 unspecified atom stereocenters. The number of ether oxygens (including phenoxy) is 3. The molecular formula is C34H40N6O4S. The number of carbonyl (C=O) groups excluding carboxylic acids is 1. The van der Waals surface area contributed by atoms with Crippen LogP contribution in [0.1, 0.15) is 64.8 Å². The van der Waals surface area contributed by atoms with Gasteiger partial charge in [0, 0.05) is 42.6 Å². The van der Waals surface area contributed by atoms with E-state index in [1.165, 1.54) is 17.5 Å². The fourth-order valence-corrected chi connectivity index (χ4v) is 7.78. The molecule has 7 rings (SSSR count). The van der Waals surface area contributed by atoms with Crippen LogP contribution in [0.15, 0.2) is 59.9 Å². The molecule has 3 aliphatic rings. The lowest BCUT2D eigenvalue weighted by Crippen LogP contribution is -2.41. The van der Waals surface area contributed by atoms with Crippen molar-refractivity contribution in [2.45, 2.75) is 83.5 Å². The standard InChI is InChI=1S/C34H40N6O4S/c1-33(2,3)44-32(41)39-13-9-12-21(16-39)23-15-25(28-27(23)42-34(4,5)43-28)40-17-24(26-29(35)36-19-37-30(26)40)31-38-22(18-45-31)14-20-10-7-6-8-11-20/h6-8,10-12,17-19,23,25,27-28H,9,13-16H2,1-5H3,(H2,35,36,37)/t23-,25-,27-,28+/m1/s1. The summed E-state index contributed by atoms with van der Waals surface area (Å²) < 4.78 is 21.1. The van der Waals surface area contributed by atoms with Gasteiger partial charge in [0.25, 0.3) is 0 Å². The number of hydrogen-bond donors (Lipinski definition) is 1. The van der Waals surface area contributed by atoms with Gasteiger partial charge < -0.3 is 29.4 Å². The molecule has 1 amide bonds. The van der Waals surface area contributed by atoms with E-state index in [0.717, 1.165) is 46.6 Å². The summed E-state index contributed by atoms with van der Waals surface area (Å²) in [6, 6.07) is 10.3. The van der Waals surface area contributed by atoms with E-state index in [4.69, 9.17) is 29.9 Å². The van der Waals surface area contributed by atoms with E-state index < -0.39 is 11.4 Å². The van der Waals surface area contributed by atoms with Crippen LogP contribution in [0.3, 0.4) is 0 Å². The summed E-state index contributed by atoms with van der Waals surface area (Å²) in [4.78, 5) is 28.9. The number of amides is 1. The summed E-state index contributed by atoms with van der Waals surface area (Å²) >= 11 is 1.60. The second kappa shape index (κ2) is 11.2. The van der Waals surface area contributed by atoms with Gasteiger partial charge in [0.1, 0.15) is 34.5 Å². The molecule has 0 spiro atoms. The molecule has 1 aliphatic carbocycles. The van der Waals surface area contributed by atoms with Crippen LogP contribution in [0.4, 0.5) is 10.6 Å². The Morgan fingerprint density at radius 2 is 1.93 bits per heavy atom. The minimum Gasteiger partial charge on any atom is -0.444 e. The number of nitrogens with two attached hydrogens (primary N) is 1. The Hall–Kier alpha value is -3.80. The molecule has 4 aromatic rings. The normalized spacial score (nSPS) is 24.6. The highest BCUT2D eigenvalue weighted by Gasteiger charge is 2.56. The number of rotatable bonds is 5. The lowest BCUT2D eigenvalue weighted by Gasteiger charge is -2.33. The lowest BCUT2D eigenvalue weighted by atomic mass is 9.91. The highest BCUT2D eigenvalue weighted by Crippen LogP contribution is 2.51. The van der Waals surface area contributed by atoms with Crippen LogP contribution in [0.2, 0.25) is 0 Å². The van der Waals surface area contributed by atoms with E-state index >= 15 is 0 Å². The number of aromatic nitrogens is 4. The summed E-state index contributed by atoms with van der Waals surface area (Å²) in [5, 5.41) is 3.78. The summed E-state index contributed by atoms with van der Waals surface area (Å²) in [7, 11) is 0. The second-order valence-electron chi connectivity index (χ2n) is 13.7. The van der Waals surface area contributed by atoms with Crippen molar-refractivity contribution in [3.05, 3.63) is 71.1 Å². The number of thiazole rings is 1. The lowest BCUT2D eigenvalue weighted by molar-refractivity contribution is -0.158. The third kappa shape index (κ3) is 5.84. The number of hydrogen-bond acceptors (Lipinski definition) is 9. The van der Waals surface area contributed by atoms with E-state index in [9.17, 15) is 4.79 Å². The molecular weight excluding hydrogens is 588 g/mol. The molecule has 10 nitrogen and oxygen atoms in total. The van der Waals surface area contributed by atoms with Crippen LogP contribution in [0, 0.1) is 5.92 Å². The molecule has 2 fully saturated rings. The first-order chi connectivity index (χ1) is 21.5. The minimum absolute atomic E-state index is 0.0597. The molecule has 2 N–H and O–H groups in total. The van der Waals surface area contributed by atoms with E-state index in [1.54, 1.807) is 16.2 Å². The Kier molecular flexibility index (Phi) is 7.45. The van der Waals surface area contributed by atoms with Crippen molar-refractivity contribution in [3.63, 3.8) is 0 Å². The molecule has 5 heterocycles. The molecule has 0 bridgehead atoms. The Bertz CT molecular complexity index is 1760. The van der Waals surface area contributed by atoms with E-state index in [2.05, 4.69) is 39.3 Å². The molecule has 236 valence electrons. The Labute approximate surface area is 267 Å². The molecule has 1 saturated heterocycles. The summed E-state index contributed by atoms with van der Waals surface area (Å²) in [5.41, 5.74) is 11.0. The zero-order valence-corrected chi connectivity index (χ0v) is 27.2. The average Bonchev–Trinajstić information content (AvgIpc) is 3.75. The molecule has 3 aromatic heterocycles. The fraction of sp³-hybridized carbons (Fsp3) is 0.471. The van der Waals surface area contributed by atoms with Gasteiger partial charge in [-0.1, -0.05) is 36.4 Å². The van der Waals surface area contributed by atoms with Gasteiger partial charge in [-0.15, -0.1) is 11.3 Å². The van der Waals surface area contributed by atoms with Crippen molar-refractivity contribution in [1.29, 1.82) is 0 Å². The summed E-state index contributed by atoms with van der Waals surface area (Å²) in [6.07, 6.45) is 7.52. The van der Waals surface area contributed by atoms with E-state index in [0.29, 0.717) is 18.9 Å². The molecule has 11 heteroatoms. The highest BCUT2D eigenvalue weighted by molar-refractivity contribution is 7.13. The Balaban J connectivity index is 1.22. The predicted octanol–water partition coefficient (Wildman–Crippen LogP) is 6.38. The van der Waals surface area contributed by atoms with Gasteiger partial charge in [-0.05, 0) is 58.6 Å². The zero-order chi connectivity index (χ0) is 31.5. The Morgan fingerprint density at radius 3 is 2.71 bits per heavy atom. The first-order valence-electron chi connectivity index (χ1n) is 15.6. The van der Waals surface area contributed by atoms with Crippen LogP contribution in [-0.2, 0) is 20.6 Å². The average molecular weight is 629 g/mol. The zero-order valence-electron chi connectivity index (χ0n) is 26.4. The van der Waals surface area contributed by atoms with Gasteiger partial charge in [0.15, 0.2) is 5.79 Å².